The van der Waals surface area contributed by atoms with Gasteiger partial charge in [0, 0.05) is 25.9 Å². The molecule has 15 heavy (non-hydrogen) atoms. The molecule has 2 rings (SSSR count). The molecule has 82 valence electrons. The highest BCUT2D eigenvalue weighted by Gasteiger charge is 2.37. The number of ketones is 2. The van der Waals surface area contributed by atoms with Crippen LogP contribution in [0, 0.1) is 5.41 Å². The Morgan fingerprint density at radius 1 is 1.00 bits per heavy atom. The third-order valence-corrected chi connectivity index (χ3v) is 2.81. The van der Waals surface area contributed by atoms with Crippen molar-refractivity contribution in [3.05, 3.63) is 11.4 Å². The third-order valence-electron chi connectivity index (χ3n) is 2.81. The van der Waals surface area contributed by atoms with Gasteiger partial charge in [-0.2, -0.15) is 0 Å². The molecule has 4 nitrogen and oxygen atoms in total. The number of carbonyl (C=O) groups is 2. The van der Waals surface area contributed by atoms with Crippen molar-refractivity contribution < 1.29 is 9.59 Å². The summed E-state index contributed by atoms with van der Waals surface area (Å²) in [5, 5.41) is 6.08. The first-order valence-electron chi connectivity index (χ1n) is 5.28. The highest BCUT2D eigenvalue weighted by atomic mass is 16.2. The van der Waals surface area contributed by atoms with Gasteiger partial charge in [0.05, 0.1) is 0 Å². The fourth-order valence-electron chi connectivity index (χ4n) is 2.16. The minimum absolute atomic E-state index is 0.0341. The lowest BCUT2D eigenvalue weighted by Crippen LogP contribution is -2.34. The molecule has 4 heteroatoms. The Morgan fingerprint density at radius 2 is 1.47 bits per heavy atom. The van der Waals surface area contributed by atoms with Crippen LogP contribution in [-0.4, -0.2) is 24.7 Å². The summed E-state index contributed by atoms with van der Waals surface area (Å²) in [6.45, 7) is 5.48. The molecular formula is C11H16N2O2. The number of Topliss-reactive ketones (excluding diaryl/α,β-unsaturated/α-hetero) is 2. The lowest BCUT2D eigenvalue weighted by Gasteiger charge is -2.29. The molecule has 0 amide bonds. The van der Waals surface area contributed by atoms with Gasteiger partial charge < -0.3 is 10.6 Å². The van der Waals surface area contributed by atoms with Crippen molar-refractivity contribution in [2.45, 2.75) is 26.7 Å². The van der Waals surface area contributed by atoms with Crippen LogP contribution in [0.25, 0.3) is 0 Å². The molecule has 0 aromatic heterocycles. The third kappa shape index (κ3) is 1.89. The lowest BCUT2D eigenvalue weighted by molar-refractivity contribution is -0.127. The Kier molecular flexibility index (Phi) is 2.29. The molecule has 1 saturated carbocycles. The van der Waals surface area contributed by atoms with E-state index in [1.807, 2.05) is 13.8 Å². The van der Waals surface area contributed by atoms with E-state index in [1.165, 1.54) is 0 Å². The maximum absolute atomic E-state index is 11.8. The zero-order valence-corrected chi connectivity index (χ0v) is 9.14. The average molecular weight is 208 g/mol. The molecule has 1 saturated heterocycles. The van der Waals surface area contributed by atoms with Gasteiger partial charge in [-0.25, -0.2) is 0 Å². The van der Waals surface area contributed by atoms with Crippen LogP contribution in [0.15, 0.2) is 11.4 Å². The van der Waals surface area contributed by atoms with E-state index < -0.39 is 0 Å². The molecule has 2 aliphatic rings. The highest BCUT2D eigenvalue weighted by Crippen LogP contribution is 2.34. The van der Waals surface area contributed by atoms with E-state index in [4.69, 9.17) is 0 Å². The summed E-state index contributed by atoms with van der Waals surface area (Å²) < 4.78 is 0. The summed E-state index contributed by atoms with van der Waals surface area (Å²) in [5.41, 5.74) is 0.170. The normalized spacial score (nSPS) is 25.2. The molecule has 0 atom stereocenters. The van der Waals surface area contributed by atoms with E-state index in [0.717, 1.165) is 13.1 Å². The van der Waals surface area contributed by atoms with E-state index >= 15 is 0 Å². The van der Waals surface area contributed by atoms with Gasteiger partial charge in [0.1, 0.15) is 11.4 Å². The molecule has 0 aromatic carbocycles. The minimum Gasteiger partial charge on any atom is -0.369 e. The van der Waals surface area contributed by atoms with Crippen molar-refractivity contribution in [2.24, 2.45) is 5.41 Å². The van der Waals surface area contributed by atoms with Crippen molar-refractivity contribution in [2.75, 3.05) is 13.1 Å². The van der Waals surface area contributed by atoms with Gasteiger partial charge in [-0.1, -0.05) is 13.8 Å². The van der Waals surface area contributed by atoms with E-state index in [0.29, 0.717) is 24.2 Å². The van der Waals surface area contributed by atoms with Crippen LogP contribution < -0.4 is 10.6 Å². The summed E-state index contributed by atoms with van der Waals surface area (Å²) in [7, 11) is 0. The van der Waals surface area contributed by atoms with E-state index in [9.17, 15) is 9.59 Å². The summed E-state index contributed by atoms with van der Waals surface area (Å²) in [4.78, 5) is 23.7. The maximum Gasteiger partial charge on any atom is 0.170 e. The second kappa shape index (κ2) is 3.36. The van der Waals surface area contributed by atoms with Crippen LogP contribution in [0.4, 0.5) is 0 Å². The Hall–Kier alpha value is -1.32. The van der Waals surface area contributed by atoms with Crippen molar-refractivity contribution in [3.63, 3.8) is 0 Å². The van der Waals surface area contributed by atoms with Gasteiger partial charge in [-0.05, 0) is 5.41 Å². The first-order valence-corrected chi connectivity index (χ1v) is 5.28. The highest BCUT2D eigenvalue weighted by molar-refractivity contribution is 6.22. The Balaban J connectivity index is 2.31. The number of hydrogen-bond acceptors (Lipinski definition) is 4. The lowest BCUT2D eigenvalue weighted by atomic mass is 9.74. The Bertz CT molecular complexity index is 326. The molecule has 0 bridgehead atoms. The predicted molar refractivity (Wildman–Crippen MR) is 56.1 cm³/mol. The molecule has 2 fully saturated rings. The molecule has 0 spiro atoms. The maximum atomic E-state index is 11.8. The average Bonchev–Trinajstić information content (AvgIpc) is 2.52. The number of nitrogens with one attached hydrogen (secondary N) is 2. The van der Waals surface area contributed by atoms with E-state index in [2.05, 4.69) is 10.6 Å². The van der Waals surface area contributed by atoms with Gasteiger partial charge >= 0.3 is 0 Å². The van der Waals surface area contributed by atoms with Crippen LogP contribution >= 0.6 is 0 Å². The fourth-order valence-corrected chi connectivity index (χ4v) is 2.16. The minimum atomic E-state index is -0.184. The van der Waals surface area contributed by atoms with Gasteiger partial charge in [-0.3, -0.25) is 9.59 Å². The molecule has 0 unspecified atom stereocenters. The zero-order chi connectivity index (χ0) is 11.1. The predicted octanol–water partition coefficient (Wildman–Crippen LogP) is 0.349. The number of rotatable bonds is 0. The molecule has 1 aliphatic heterocycles. The van der Waals surface area contributed by atoms with E-state index in [-0.39, 0.29) is 17.0 Å². The smallest absolute Gasteiger partial charge is 0.170 e. The molecule has 0 aromatic rings. The van der Waals surface area contributed by atoms with Crippen molar-refractivity contribution in [3.8, 4) is 0 Å². The Labute approximate surface area is 89.1 Å². The molecule has 0 radical (unpaired) electrons. The molecule has 2 N–H and O–H groups in total. The monoisotopic (exact) mass is 208 g/mol. The molecule has 1 heterocycles. The second-order valence-electron chi connectivity index (χ2n) is 4.97. The van der Waals surface area contributed by atoms with Crippen LogP contribution in [0.5, 0.6) is 0 Å². The quantitative estimate of drug-likeness (QED) is 0.445. The van der Waals surface area contributed by atoms with Crippen LogP contribution in [-0.2, 0) is 9.59 Å². The van der Waals surface area contributed by atoms with Crippen molar-refractivity contribution >= 4 is 11.6 Å². The summed E-state index contributed by atoms with van der Waals surface area (Å²) in [6.07, 6.45) is 0.919. The molecule has 1 aliphatic carbocycles. The first-order chi connectivity index (χ1) is 6.99. The summed E-state index contributed by atoms with van der Waals surface area (Å²) >= 11 is 0. The van der Waals surface area contributed by atoms with Crippen molar-refractivity contribution in [1.82, 2.24) is 10.6 Å². The standard InChI is InChI=1S/C11H16N2O2/c1-11(2)5-7(14)9(8(15)6-11)10-12-3-4-13-10/h12-13H,3-6H2,1-2H3. The number of carbonyl (C=O) groups excluding carboxylic acids is 2. The largest absolute Gasteiger partial charge is 0.369 e. The summed E-state index contributed by atoms with van der Waals surface area (Å²) in [6, 6.07) is 0. The number of hydrogen-bond donors (Lipinski definition) is 2. The second-order valence-corrected chi connectivity index (χ2v) is 4.97. The van der Waals surface area contributed by atoms with E-state index in [1.54, 1.807) is 0 Å². The zero-order valence-electron chi connectivity index (χ0n) is 9.14. The number of allylic oxidation sites excluding steroid dienone is 1. The topological polar surface area (TPSA) is 58.2 Å². The van der Waals surface area contributed by atoms with Crippen molar-refractivity contribution in [1.29, 1.82) is 0 Å². The van der Waals surface area contributed by atoms with Crippen LogP contribution in [0.3, 0.4) is 0 Å². The van der Waals surface area contributed by atoms with Gasteiger partial charge in [0.15, 0.2) is 11.6 Å². The van der Waals surface area contributed by atoms with Crippen LogP contribution in [0.1, 0.15) is 26.7 Å². The Morgan fingerprint density at radius 3 is 1.93 bits per heavy atom. The molecular weight excluding hydrogens is 192 g/mol. The SMILES string of the molecule is CC1(C)CC(=O)C(=C2NCCN2)C(=O)C1. The van der Waals surface area contributed by atoms with Gasteiger partial charge in [0.25, 0.3) is 0 Å². The van der Waals surface area contributed by atoms with Gasteiger partial charge in [-0.15, -0.1) is 0 Å². The van der Waals surface area contributed by atoms with Gasteiger partial charge in [0.2, 0.25) is 0 Å². The fraction of sp³-hybridized carbons (Fsp3) is 0.636. The summed E-state index contributed by atoms with van der Waals surface area (Å²) in [5.74, 6) is 0.571. The van der Waals surface area contributed by atoms with Crippen LogP contribution in [0.2, 0.25) is 0 Å². The first kappa shape index (κ1) is 10.2.